The highest BCUT2D eigenvalue weighted by atomic mass is 19.3. The van der Waals surface area contributed by atoms with Gasteiger partial charge in [-0.2, -0.15) is 8.78 Å². The van der Waals surface area contributed by atoms with Crippen LogP contribution in [0.3, 0.4) is 0 Å². The van der Waals surface area contributed by atoms with Gasteiger partial charge in [0.1, 0.15) is 11.8 Å². The lowest BCUT2D eigenvalue weighted by Crippen LogP contribution is -2.39. The molecule has 0 saturated carbocycles. The Kier molecular flexibility index (Phi) is 6.85. The maximum absolute atomic E-state index is 12.6. The third-order valence-electron chi connectivity index (χ3n) is 3.46. The number of hydrogen-bond acceptors (Lipinski definition) is 4. The number of amides is 1. The van der Waals surface area contributed by atoms with Gasteiger partial charge >= 0.3 is 6.61 Å². The summed E-state index contributed by atoms with van der Waals surface area (Å²) < 4.78 is 34.6. The van der Waals surface area contributed by atoms with Crippen LogP contribution in [-0.2, 0) is 16.0 Å². The lowest BCUT2D eigenvalue weighted by atomic mass is 10.0. The molecule has 0 heterocycles. The zero-order valence-electron chi connectivity index (χ0n) is 13.7. The summed E-state index contributed by atoms with van der Waals surface area (Å²) in [6.07, 6.45) is 0.386. The lowest BCUT2D eigenvalue weighted by Gasteiger charge is -2.15. The first-order valence-electron chi connectivity index (χ1n) is 7.66. The van der Waals surface area contributed by atoms with Crippen molar-refractivity contribution < 1.29 is 23.0 Å². The van der Waals surface area contributed by atoms with Gasteiger partial charge in [0, 0.05) is 24.8 Å². The average molecular weight is 350 g/mol. The predicted molar refractivity (Wildman–Crippen MR) is 90.8 cm³/mol. The van der Waals surface area contributed by atoms with E-state index in [1.807, 2.05) is 30.3 Å². The molecule has 0 bridgehead atoms. The largest absolute Gasteiger partial charge is 0.435 e. The van der Waals surface area contributed by atoms with E-state index in [0.29, 0.717) is 17.7 Å². The molecule has 3 N–H and O–H groups in total. The second kappa shape index (κ2) is 9.10. The van der Waals surface area contributed by atoms with Gasteiger partial charge in [-0.15, -0.1) is 0 Å². The molecule has 2 aromatic rings. The van der Waals surface area contributed by atoms with Crippen molar-refractivity contribution in [1.82, 2.24) is 0 Å². The van der Waals surface area contributed by atoms with Gasteiger partial charge in [-0.1, -0.05) is 30.3 Å². The molecule has 5 nitrogen and oxygen atoms in total. The van der Waals surface area contributed by atoms with E-state index >= 15 is 0 Å². The predicted octanol–water partition coefficient (Wildman–Crippen LogP) is 2.79. The number of hydrogen-bond donors (Lipinski definition) is 2. The van der Waals surface area contributed by atoms with Crippen molar-refractivity contribution in [3.63, 3.8) is 0 Å². The Labute approximate surface area is 144 Å². The number of rotatable bonds is 8. The Morgan fingerprint density at radius 3 is 2.56 bits per heavy atom. The summed E-state index contributed by atoms with van der Waals surface area (Å²) >= 11 is 0. The summed E-state index contributed by atoms with van der Waals surface area (Å²) in [5, 5.41) is 2.65. The van der Waals surface area contributed by atoms with Crippen molar-refractivity contribution in [1.29, 1.82) is 0 Å². The molecule has 0 aliphatic carbocycles. The maximum Gasteiger partial charge on any atom is 0.387 e. The third kappa shape index (κ3) is 5.81. The first-order chi connectivity index (χ1) is 12.0. The van der Waals surface area contributed by atoms with Crippen molar-refractivity contribution in [3.8, 4) is 5.75 Å². The van der Waals surface area contributed by atoms with Crippen molar-refractivity contribution in [2.24, 2.45) is 5.73 Å². The summed E-state index contributed by atoms with van der Waals surface area (Å²) in [5.74, 6) is -0.354. The number of nitrogens with two attached hydrogens (primary N) is 1. The number of alkyl halides is 2. The van der Waals surface area contributed by atoms with Gasteiger partial charge in [-0.05, 0) is 23.8 Å². The average Bonchev–Trinajstić information content (AvgIpc) is 2.58. The molecule has 1 atom stereocenters. The molecule has 0 aliphatic heterocycles. The van der Waals surface area contributed by atoms with Crippen LogP contribution < -0.4 is 15.8 Å². The van der Waals surface area contributed by atoms with Crippen LogP contribution in [0.15, 0.2) is 48.5 Å². The van der Waals surface area contributed by atoms with Gasteiger partial charge in [-0.25, -0.2) is 0 Å². The highest BCUT2D eigenvalue weighted by Gasteiger charge is 2.15. The van der Waals surface area contributed by atoms with Crippen LogP contribution in [0.2, 0.25) is 0 Å². The number of ether oxygens (including phenoxy) is 2. The molecule has 25 heavy (non-hydrogen) atoms. The highest BCUT2D eigenvalue weighted by Crippen LogP contribution is 2.27. The molecule has 0 saturated heterocycles. The summed E-state index contributed by atoms with van der Waals surface area (Å²) in [6, 6.07) is 13.0. The molecule has 1 amide bonds. The molecule has 0 radical (unpaired) electrons. The molecule has 0 spiro atoms. The monoisotopic (exact) mass is 350 g/mol. The van der Waals surface area contributed by atoms with E-state index < -0.39 is 18.6 Å². The number of carbonyl (C=O) groups is 1. The van der Waals surface area contributed by atoms with Crippen LogP contribution in [0.4, 0.5) is 14.5 Å². The fraction of sp³-hybridized carbons (Fsp3) is 0.278. The van der Waals surface area contributed by atoms with Crippen LogP contribution in [0.5, 0.6) is 5.75 Å². The van der Waals surface area contributed by atoms with Crippen LogP contribution in [0.1, 0.15) is 11.1 Å². The minimum atomic E-state index is -2.93. The van der Waals surface area contributed by atoms with Crippen molar-refractivity contribution in [3.05, 3.63) is 59.7 Å². The molecular weight excluding hydrogens is 330 g/mol. The number of nitrogens with one attached hydrogen (secondary N) is 1. The SMILES string of the molecule is COCC(N)C(=O)Nc1ccc(OC(F)F)c(Cc2ccccc2)c1. The minimum Gasteiger partial charge on any atom is -0.435 e. The van der Waals surface area contributed by atoms with E-state index in [-0.39, 0.29) is 12.4 Å². The van der Waals surface area contributed by atoms with E-state index in [4.69, 9.17) is 10.5 Å². The maximum atomic E-state index is 12.6. The van der Waals surface area contributed by atoms with Gasteiger partial charge in [0.2, 0.25) is 5.91 Å². The molecular formula is C18H20F2N2O3. The number of anilines is 1. The summed E-state index contributed by atoms with van der Waals surface area (Å²) in [7, 11) is 1.45. The quantitative estimate of drug-likeness (QED) is 0.768. The normalized spacial score (nSPS) is 12.0. The summed E-state index contributed by atoms with van der Waals surface area (Å²) in [5.41, 5.74) is 7.58. The first-order valence-corrected chi connectivity index (χ1v) is 7.66. The van der Waals surface area contributed by atoms with Gasteiger partial charge in [-0.3, -0.25) is 4.79 Å². The number of halogens is 2. The van der Waals surface area contributed by atoms with E-state index in [1.54, 1.807) is 6.07 Å². The number of methoxy groups -OCH3 is 1. The second-order valence-electron chi connectivity index (χ2n) is 5.41. The Balaban J connectivity index is 2.22. The third-order valence-corrected chi connectivity index (χ3v) is 3.46. The minimum absolute atomic E-state index is 0.0676. The summed E-state index contributed by atoms with van der Waals surface area (Å²) in [4.78, 5) is 12.0. The fourth-order valence-corrected chi connectivity index (χ4v) is 2.31. The smallest absolute Gasteiger partial charge is 0.387 e. The Morgan fingerprint density at radius 1 is 1.20 bits per heavy atom. The van der Waals surface area contributed by atoms with Crippen molar-refractivity contribution in [2.75, 3.05) is 19.0 Å². The van der Waals surface area contributed by atoms with Gasteiger partial charge < -0.3 is 20.5 Å². The zero-order valence-corrected chi connectivity index (χ0v) is 13.7. The Bertz CT molecular complexity index is 696. The standard InChI is InChI=1S/C18H20F2N2O3/c1-24-11-15(21)17(23)22-14-7-8-16(25-18(19)20)13(10-14)9-12-5-3-2-4-6-12/h2-8,10,15,18H,9,11,21H2,1H3,(H,22,23). The summed E-state index contributed by atoms with van der Waals surface area (Å²) in [6.45, 7) is -2.85. The van der Waals surface area contributed by atoms with E-state index in [2.05, 4.69) is 10.1 Å². The lowest BCUT2D eigenvalue weighted by molar-refractivity contribution is -0.118. The van der Waals surface area contributed by atoms with Crippen molar-refractivity contribution >= 4 is 11.6 Å². The van der Waals surface area contributed by atoms with Gasteiger partial charge in [0.15, 0.2) is 0 Å². The van der Waals surface area contributed by atoms with Crippen LogP contribution >= 0.6 is 0 Å². The molecule has 134 valence electrons. The molecule has 2 aromatic carbocycles. The fourth-order valence-electron chi connectivity index (χ4n) is 2.31. The van der Waals surface area contributed by atoms with Crippen LogP contribution in [0.25, 0.3) is 0 Å². The molecule has 1 unspecified atom stereocenters. The van der Waals surface area contributed by atoms with E-state index in [9.17, 15) is 13.6 Å². The van der Waals surface area contributed by atoms with E-state index in [0.717, 1.165) is 5.56 Å². The van der Waals surface area contributed by atoms with Gasteiger partial charge in [0.05, 0.1) is 6.61 Å². The van der Waals surface area contributed by atoms with Crippen molar-refractivity contribution in [2.45, 2.75) is 19.1 Å². The van der Waals surface area contributed by atoms with Crippen LogP contribution in [0, 0.1) is 0 Å². The Hall–Kier alpha value is -2.51. The van der Waals surface area contributed by atoms with E-state index in [1.165, 1.54) is 19.2 Å². The molecule has 0 aromatic heterocycles. The molecule has 7 heteroatoms. The molecule has 2 rings (SSSR count). The highest BCUT2D eigenvalue weighted by molar-refractivity contribution is 5.94. The zero-order chi connectivity index (χ0) is 18.2. The number of benzene rings is 2. The van der Waals surface area contributed by atoms with Crippen LogP contribution in [-0.4, -0.2) is 32.3 Å². The topological polar surface area (TPSA) is 73.6 Å². The molecule has 0 fully saturated rings. The Morgan fingerprint density at radius 2 is 1.92 bits per heavy atom. The second-order valence-corrected chi connectivity index (χ2v) is 5.41. The first kappa shape index (κ1) is 18.8. The van der Waals surface area contributed by atoms with Gasteiger partial charge in [0.25, 0.3) is 0 Å². The number of carbonyl (C=O) groups excluding carboxylic acids is 1. The molecule has 0 aliphatic rings.